The molecule has 0 N–H and O–H groups in total. The Morgan fingerprint density at radius 2 is 2.20 bits per heavy atom. The molecule has 0 amide bonds. The number of hydrogen-bond donors (Lipinski definition) is 0. The lowest BCUT2D eigenvalue weighted by Crippen LogP contribution is -2.15. The summed E-state index contributed by atoms with van der Waals surface area (Å²) in [6.07, 6.45) is 0.450. The van der Waals surface area contributed by atoms with Crippen LogP contribution in [0.2, 0.25) is 0 Å². The molecule has 0 heterocycles. The van der Waals surface area contributed by atoms with E-state index in [1.165, 1.54) is 0 Å². The van der Waals surface area contributed by atoms with Crippen molar-refractivity contribution in [3.63, 3.8) is 0 Å². The van der Waals surface area contributed by atoms with Gasteiger partial charge in [0.15, 0.2) is 0 Å². The van der Waals surface area contributed by atoms with Gasteiger partial charge >= 0.3 is 0 Å². The zero-order valence-corrected chi connectivity index (χ0v) is 6.34. The summed E-state index contributed by atoms with van der Waals surface area (Å²) in [5, 5.41) is 3.38. The highest BCUT2D eigenvalue weighted by atomic mass is 19.1. The predicted molar refractivity (Wildman–Crippen MR) is 38.4 cm³/mol. The first-order valence-electron chi connectivity index (χ1n) is 3.19. The van der Waals surface area contributed by atoms with Crippen molar-refractivity contribution >= 4 is 0 Å². The third kappa shape index (κ3) is 4.15. The van der Waals surface area contributed by atoms with Crippen molar-refractivity contribution in [3.05, 3.63) is 10.4 Å². The number of rotatable bonds is 4. The van der Waals surface area contributed by atoms with Crippen LogP contribution in [0.4, 0.5) is 4.39 Å². The fourth-order valence-corrected chi connectivity index (χ4v) is 0.558. The SMILES string of the molecule is CC(C)(CCF)CN=[N+]=[N-]. The second-order valence-electron chi connectivity index (χ2n) is 2.99. The van der Waals surface area contributed by atoms with Crippen molar-refractivity contribution in [2.75, 3.05) is 13.2 Å². The molecule has 0 aromatic carbocycles. The van der Waals surface area contributed by atoms with Gasteiger partial charge in [-0.15, -0.1) is 0 Å². The van der Waals surface area contributed by atoms with Crippen molar-refractivity contribution in [1.82, 2.24) is 0 Å². The number of azide groups is 1. The molecule has 0 unspecified atom stereocenters. The zero-order chi connectivity index (χ0) is 8.04. The summed E-state index contributed by atoms with van der Waals surface area (Å²) in [6.45, 7) is 3.77. The van der Waals surface area contributed by atoms with Crippen molar-refractivity contribution in [2.45, 2.75) is 20.3 Å². The number of halogens is 1. The summed E-state index contributed by atoms with van der Waals surface area (Å²) in [4.78, 5) is 2.61. The average Bonchev–Trinajstić information content (AvgIpc) is 1.84. The number of nitrogens with zero attached hydrogens (tertiary/aromatic N) is 3. The minimum Gasteiger partial charge on any atom is -0.251 e. The summed E-state index contributed by atoms with van der Waals surface area (Å²) in [7, 11) is 0. The summed E-state index contributed by atoms with van der Waals surface area (Å²) in [5.41, 5.74) is 7.77. The molecule has 0 aromatic rings. The highest BCUT2D eigenvalue weighted by Crippen LogP contribution is 2.20. The Labute approximate surface area is 59.9 Å². The van der Waals surface area contributed by atoms with Gasteiger partial charge in [0.1, 0.15) is 0 Å². The van der Waals surface area contributed by atoms with E-state index in [0.717, 1.165) is 0 Å². The molecular weight excluding hydrogens is 133 g/mol. The third-order valence-corrected chi connectivity index (χ3v) is 1.33. The Hall–Kier alpha value is -0.760. The van der Waals surface area contributed by atoms with Gasteiger partial charge in [-0.25, -0.2) is 0 Å². The fourth-order valence-electron chi connectivity index (χ4n) is 0.558. The molecule has 0 rings (SSSR count). The quantitative estimate of drug-likeness (QED) is 0.332. The molecule has 58 valence electrons. The van der Waals surface area contributed by atoms with Crippen LogP contribution in [0.25, 0.3) is 10.4 Å². The van der Waals surface area contributed by atoms with Crippen LogP contribution in [-0.4, -0.2) is 13.2 Å². The van der Waals surface area contributed by atoms with Gasteiger partial charge in [-0.05, 0) is 17.4 Å². The molecule has 4 heteroatoms. The second-order valence-corrected chi connectivity index (χ2v) is 2.99. The summed E-state index contributed by atoms with van der Waals surface area (Å²) >= 11 is 0. The normalized spacial score (nSPS) is 10.7. The van der Waals surface area contributed by atoms with Gasteiger partial charge in [0, 0.05) is 11.5 Å². The molecule has 0 aliphatic carbocycles. The fraction of sp³-hybridized carbons (Fsp3) is 1.00. The molecule has 0 aliphatic heterocycles. The van der Waals surface area contributed by atoms with Gasteiger partial charge in [0.05, 0.1) is 6.67 Å². The molecule has 0 spiro atoms. The van der Waals surface area contributed by atoms with Crippen molar-refractivity contribution in [3.8, 4) is 0 Å². The van der Waals surface area contributed by atoms with Gasteiger partial charge in [-0.1, -0.05) is 19.0 Å². The molecule has 0 aromatic heterocycles. The minimum absolute atomic E-state index is 0.193. The standard InChI is InChI=1S/C6H12FN3/c1-6(2,3-4-7)5-9-10-8/h3-5H2,1-2H3. The maximum Gasteiger partial charge on any atom is 0.0899 e. The summed E-state index contributed by atoms with van der Waals surface area (Å²) in [5.74, 6) is 0. The van der Waals surface area contributed by atoms with Crippen LogP contribution in [-0.2, 0) is 0 Å². The Morgan fingerprint density at radius 1 is 1.60 bits per heavy atom. The lowest BCUT2D eigenvalue weighted by Gasteiger charge is -2.19. The Balaban J connectivity index is 3.73. The highest BCUT2D eigenvalue weighted by molar-refractivity contribution is 4.70. The molecule has 0 fully saturated rings. The molecule has 0 radical (unpaired) electrons. The van der Waals surface area contributed by atoms with Gasteiger partial charge in [-0.3, -0.25) is 4.39 Å². The second kappa shape index (κ2) is 4.12. The lowest BCUT2D eigenvalue weighted by molar-refractivity contribution is 0.297. The number of alkyl halides is 1. The predicted octanol–water partition coefficient (Wildman–Crippen LogP) is 2.68. The van der Waals surface area contributed by atoms with E-state index in [0.29, 0.717) is 13.0 Å². The van der Waals surface area contributed by atoms with E-state index in [2.05, 4.69) is 10.0 Å². The molecule has 10 heavy (non-hydrogen) atoms. The summed E-state index contributed by atoms with van der Waals surface area (Å²) < 4.78 is 11.8. The van der Waals surface area contributed by atoms with Gasteiger partial charge in [-0.2, -0.15) is 0 Å². The van der Waals surface area contributed by atoms with Crippen LogP contribution in [0.5, 0.6) is 0 Å². The Morgan fingerprint density at radius 3 is 2.60 bits per heavy atom. The Bertz CT molecular complexity index is 138. The van der Waals surface area contributed by atoms with Gasteiger partial charge in [0.25, 0.3) is 0 Å². The third-order valence-electron chi connectivity index (χ3n) is 1.33. The smallest absolute Gasteiger partial charge is 0.0899 e. The van der Waals surface area contributed by atoms with E-state index in [1.807, 2.05) is 13.8 Å². The molecule has 0 atom stereocenters. The lowest BCUT2D eigenvalue weighted by atomic mass is 9.90. The van der Waals surface area contributed by atoms with Crippen LogP contribution >= 0.6 is 0 Å². The largest absolute Gasteiger partial charge is 0.251 e. The molecule has 0 saturated carbocycles. The van der Waals surface area contributed by atoms with Crippen LogP contribution in [0.3, 0.4) is 0 Å². The van der Waals surface area contributed by atoms with Crippen LogP contribution in [0.1, 0.15) is 20.3 Å². The van der Waals surface area contributed by atoms with E-state index in [9.17, 15) is 4.39 Å². The maximum absolute atomic E-state index is 11.8. The maximum atomic E-state index is 11.8. The summed E-state index contributed by atoms with van der Waals surface area (Å²) in [6, 6.07) is 0. The zero-order valence-electron chi connectivity index (χ0n) is 6.34. The molecule has 0 aliphatic rings. The first-order chi connectivity index (χ1) is 4.62. The van der Waals surface area contributed by atoms with E-state index >= 15 is 0 Å². The topological polar surface area (TPSA) is 48.8 Å². The van der Waals surface area contributed by atoms with Gasteiger partial charge in [0.2, 0.25) is 0 Å². The van der Waals surface area contributed by atoms with E-state index < -0.39 is 0 Å². The van der Waals surface area contributed by atoms with Crippen molar-refractivity contribution < 1.29 is 4.39 Å². The van der Waals surface area contributed by atoms with Gasteiger partial charge < -0.3 is 0 Å². The van der Waals surface area contributed by atoms with E-state index in [-0.39, 0.29) is 12.1 Å². The average molecular weight is 145 g/mol. The molecule has 3 nitrogen and oxygen atoms in total. The van der Waals surface area contributed by atoms with E-state index in [4.69, 9.17) is 5.53 Å². The molecule has 0 saturated heterocycles. The van der Waals surface area contributed by atoms with Crippen LogP contribution in [0.15, 0.2) is 5.11 Å². The minimum atomic E-state index is -0.353. The first-order valence-corrected chi connectivity index (χ1v) is 3.19. The number of hydrogen-bond acceptors (Lipinski definition) is 1. The van der Waals surface area contributed by atoms with Crippen molar-refractivity contribution in [1.29, 1.82) is 0 Å². The monoisotopic (exact) mass is 145 g/mol. The van der Waals surface area contributed by atoms with E-state index in [1.54, 1.807) is 0 Å². The van der Waals surface area contributed by atoms with Crippen molar-refractivity contribution in [2.24, 2.45) is 10.5 Å². The first kappa shape index (κ1) is 9.24. The molecular formula is C6H12FN3. The van der Waals surface area contributed by atoms with Crippen LogP contribution in [0, 0.1) is 5.41 Å². The molecule has 0 bridgehead atoms. The van der Waals surface area contributed by atoms with Crippen LogP contribution < -0.4 is 0 Å². The Kier molecular flexibility index (Phi) is 3.81. The highest BCUT2D eigenvalue weighted by Gasteiger charge is 2.15.